The van der Waals surface area contributed by atoms with Gasteiger partial charge in [0.25, 0.3) is 0 Å². The molecule has 0 heterocycles. The van der Waals surface area contributed by atoms with E-state index in [4.69, 9.17) is 16.2 Å². The number of rotatable bonds is 21. The van der Waals surface area contributed by atoms with Crippen LogP contribution in [-0.4, -0.2) is 63.9 Å². The molecule has 4 rings (SSSR count). The van der Waals surface area contributed by atoms with Gasteiger partial charge in [0, 0.05) is 19.5 Å². The van der Waals surface area contributed by atoms with E-state index in [-0.39, 0.29) is 17.5 Å². The lowest BCUT2D eigenvalue weighted by Gasteiger charge is -2.58. The van der Waals surface area contributed by atoms with Gasteiger partial charge in [0.1, 0.15) is 12.1 Å². The Morgan fingerprint density at radius 1 is 0.851 bits per heavy atom. The van der Waals surface area contributed by atoms with Crippen molar-refractivity contribution in [3.8, 4) is 0 Å². The van der Waals surface area contributed by atoms with Crippen molar-refractivity contribution in [2.24, 2.45) is 57.8 Å². The first-order chi connectivity index (χ1) is 22.6. The molecule has 0 amide bonds. The molecule has 0 aromatic heterocycles. The van der Waals surface area contributed by atoms with Crippen molar-refractivity contribution >= 4 is 5.97 Å². The third kappa shape index (κ3) is 10.3. The van der Waals surface area contributed by atoms with Crippen LogP contribution in [-0.2, 0) is 9.53 Å². The normalized spacial score (nSPS) is 33.1. The fourth-order valence-corrected chi connectivity index (χ4v) is 10.7. The van der Waals surface area contributed by atoms with Crippen molar-refractivity contribution in [1.29, 1.82) is 0 Å². The van der Waals surface area contributed by atoms with E-state index in [1.54, 1.807) is 5.57 Å². The lowest BCUT2D eigenvalue weighted by Crippen LogP contribution is -2.51. The molecule has 0 bridgehead atoms. The van der Waals surface area contributed by atoms with Crippen molar-refractivity contribution in [3.05, 3.63) is 11.6 Å². The second-order valence-corrected chi connectivity index (χ2v) is 17.1. The first-order valence-electron chi connectivity index (χ1n) is 20.1. The SMILES string of the molecule is CC(C)CCC[C@@H](C)[C@H]1CCC2C3CC=C4CC(OC(=O)C(N)CCNCCCCNCCCNCCN)CC[C@]4(C)C3CC[C@@]21C. The highest BCUT2D eigenvalue weighted by Crippen LogP contribution is 2.67. The van der Waals surface area contributed by atoms with Gasteiger partial charge in [-0.3, -0.25) is 4.79 Å². The van der Waals surface area contributed by atoms with E-state index in [2.05, 4.69) is 56.6 Å². The number of unbranched alkanes of at least 4 members (excludes halogenated alkanes) is 1. The minimum Gasteiger partial charge on any atom is -0.461 e. The highest BCUT2D eigenvalue weighted by atomic mass is 16.5. The Kier molecular flexibility index (Phi) is 15.6. The first-order valence-corrected chi connectivity index (χ1v) is 20.1. The Balaban J connectivity index is 1.15. The Morgan fingerprint density at radius 2 is 1.55 bits per heavy atom. The zero-order valence-electron chi connectivity index (χ0n) is 31.2. The van der Waals surface area contributed by atoms with Gasteiger partial charge in [-0.1, -0.05) is 65.5 Å². The summed E-state index contributed by atoms with van der Waals surface area (Å²) in [6.07, 6.45) is 20.7. The molecular formula is C40H75N5O2. The number of carbonyl (C=O) groups is 1. The molecule has 4 aliphatic carbocycles. The molecule has 5 unspecified atom stereocenters. The van der Waals surface area contributed by atoms with Crippen LogP contribution in [0.4, 0.5) is 0 Å². The molecule has 0 aromatic carbocycles. The Hall–Kier alpha value is -0.990. The number of carbonyl (C=O) groups excluding carboxylic acids is 1. The van der Waals surface area contributed by atoms with E-state index >= 15 is 0 Å². The van der Waals surface area contributed by atoms with Crippen LogP contribution in [0.2, 0.25) is 0 Å². The molecule has 0 aliphatic heterocycles. The lowest BCUT2D eigenvalue weighted by atomic mass is 9.47. The predicted octanol–water partition coefficient (Wildman–Crippen LogP) is 6.55. The maximum absolute atomic E-state index is 13.0. The van der Waals surface area contributed by atoms with E-state index in [1.807, 2.05) is 0 Å². The topological polar surface area (TPSA) is 114 Å². The van der Waals surface area contributed by atoms with Crippen LogP contribution in [0.15, 0.2) is 11.6 Å². The number of esters is 1. The molecule has 7 N–H and O–H groups in total. The van der Waals surface area contributed by atoms with E-state index in [9.17, 15) is 4.79 Å². The largest absolute Gasteiger partial charge is 0.461 e. The lowest BCUT2D eigenvalue weighted by molar-refractivity contribution is -0.153. The summed E-state index contributed by atoms with van der Waals surface area (Å²) in [5, 5.41) is 10.3. The fraction of sp³-hybridized carbons (Fsp3) is 0.925. The molecule has 47 heavy (non-hydrogen) atoms. The third-order valence-electron chi connectivity index (χ3n) is 13.5. The standard InChI is InChI=1S/C40H75N5O2/c1-29(2)10-8-11-30(3)34-14-15-35-33-13-12-31-28-32(16-19-39(31,4)36(33)17-20-40(34,35)5)47-38(46)37(42)18-26-44-23-7-6-22-43-24-9-25-45-27-21-41/h12,29-30,32-37,43-45H,6-11,13-28,41-42H2,1-5H3/t30-,32?,33?,34-,35?,36?,37?,39+,40-/m1/s1. The second kappa shape index (κ2) is 18.8. The molecule has 7 nitrogen and oxygen atoms in total. The van der Waals surface area contributed by atoms with Crippen LogP contribution in [0.25, 0.3) is 0 Å². The summed E-state index contributed by atoms with van der Waals surface area (Å²) < 4.78 is 6.07. The minimum absolute atomic E-state index is 0.0160. The zero-order valence-corrected chi connectivity index (χ0v) is 31.2. The fourth-order valence-electron chi connectivity index (χ4n) is 10.7. The van der Waals surface area contributed by atoms with Crippen molar-refractivity contribution in [2.45, 2.75) is 143 Å². The monoisotopic (exact) mass is 658 g/mol. The van der Waals surface area contributed by atoms with E-state index in [0.717, 1.165) is 113 Å². The highest BCUT2D eigenvalue weighted by molar-refractivity contribution is 5.75. The van der Waals surface area contributed by atoms with Crippen LogP contribution < -0.4 is 27.4 Å². The second-order valence-electron chi connectivity index (χ2n) is 17.1. The highest BCUT2D eigenvalue weighted by Gasteiger charge is 2.59. The number of nitrogens with two attached hydrogens (primary N) is 2. The van der Waals surface area contributed by atoms with Crippen molar-refractivity contribution in [1.82, 2.24) is 16.0 Å². The average molecular weight is 658 g/mol. The van der Waals surface area contributed by atoms with Gasteiger partial charge in [-0.25, -0.2) is 0 Å². The molecule has 0 aromatic rings. The summed E-state index contributed by atoms with van der Waals surface area (Å²) in [5.41, 5.74) is 14.2. The Labute approximate surface area is 289 Å². The van der Waals surface area contributed by atoms with E-state index in [1.165, 1.54) is 51.4 Å². The Morgan fingerprint density at radius 3 is 2.28 bits per heavy atom. The zero-order chi connectivity index (χ0) is 33.9. The van der Waals surface area contributed by atoms with Crippen molar-refractivity contribution in [2.75, 3.05) is 45.8 Å². The summed E-state index contributed by atoms with van der Waals surface area (Å²) in [7, 11) is 0. The van der Waals surface area contributed by atoms with Gasteiger partial charge >= 0.3 is 5.97 Å². The van der Waals surface area contributed by atoms with E-state index < -0.39 is 6.04 Å². The molecule has 3 fully saturated rings. The minimum atomic E-state index is -0.547. The van der Waals surface area contributed by atoms with Gasteiger partial charge in [-0.15, -0.1) is 0 Å². The molecular weight excluding hydrogens is 582 g/mol. The number of hydrogen-bond donors (Lipinski definition) is 5. The molecule has 272 valence electrons. The summed E-state index contributed by atoms with van der Waals surface area (Å²) in [4.78, 5) is 13.0. The third-order valence-corrected chi connectivity index (χ3v) is 13.5. The number of hydrogen-bond acceptors (Lipinski definition) is 7. The van der Waals surface area contributed by atoms with Gasteiger partial charge in [-0.2, -0.15) is 0 Å². The number of fused-ring (bicyclic) bond motifs is 5. The van der Waals surface area contributed by atoms with Crippen molar-refractivity contribution < 1.29 is 9.53 Å². The molecule has 4 aliphatic rings. The van der Waals surface area contributed by atoms with Gasteiger partial charge in [-0.05, 0) is 150 Å². The molecule has 0 saturated heterocycles. The van der Waals surface area contributed by atoms with Crippen LogP contribution in [0.5, 0.6) is 0 Å². The Bertz CT molecular complexity index is 972. The molecule has 3 saturated carbocycles. The van der Waals surface area contributed by atoms with Gasteiger partial charge in [0.15, 0.2) is 0 Å². The average Bonchev–Trinajstić information content (AvgIpc) is 3.40. The van der Waals surface area contributed by atoms with Crippen LogP contribution >= 0.6 is 0 Å². The quantitative estimate of drug-likeness (QED) is 0.0540. The maximum Gasteiger partial charge on any atom is 0.323 e. The maximum atomic E-state index is 13.0. The van der Waals surface area contributed by atoms with Crippen LogP contribution in [0, 0.1) is 46.3 Å². The summed E-state index contributed by atoms with van der Waals surface area (Å²) in [6.45, 7) is 19.0. The summed E-state index contributed by atoms with van der Waals surface area (Å²) in [5.74, 6) is 4.88. The van der Waals surface area contributed by atoms with Crippen LogP contribution in [0.3, 0.4) is 0 Å². The molecule has 9 atom stereocenters. The smallest absolute Gasteiger partial charge is 0.323 e. The number of nitrogens with one attached hydrogen (secondary N) is 3. The van der Waals surface area contributed by atoms with E-state index in [0.29, 0.717) is 18.4 Å². The summed E-state index contributed by atoms with van der Waals surface area (Å²) in [6, 6.07) is -0.547. The number of allylic oxidation sites excluding steroid dienone is 1. The summed E-state index contributed by atoms with van der Waals surface area (Å²) >= 11 is 0. The molecule has 0 spiro atoms. The predicted molar refractivity (Wildman–Crippen MR) is 197 cm³/mol. The number of ether oxygens (including phenoxy) is 1. The van der Waals surface area contributed by atoms with Gasteiger partial charge < -0.3 is 32.2 Å². The van der Waals surface area contributed by atoms with Gasteiger partial charge in [0.05, 0.1) is 0 Å². The van der Waals surface area contributed by atoms with Gasteiger partial charge in [0.2, 0.25) is 0 Å². The first kappa shape index (κ1) is 38.8. The molecule has 0 radical (unpaired) electrons. The van der Waals surface area contributed by atoms with Crippen molar-refractivity contribution in [3.63, 3.8) is 0 Å². The molecule has 7 heteroatoms. The van der Waals surface area contributed by atoms with Crippen LogP contribution in [0.1, 0.15) is 131 Å².